The van der Waals surface area contributed by atoms with Gasteiger partial charge in [-0.1, -0.05) is 0 Å². The Hall–Kier alpha value is -3.96. The van der Waals surface area contributed by atoms with Crippen LogP contribution < -0.4 is 0 Å². The smallest absolute Gasteiger partial charge is 0.258 e. The number of nitrogens with zero attached hydrogens (tertiary/aromatic N) is 4. The van der Waals surface area contributed by atoms with Crippen molar-refractivity contribution in [3.63, 3.8) is 0 Å². The van der Waals surface area contributed by atoms with E-state index in [9.17, 15) is 40.5 Å². The van der Waals surface area contributed by atoms with Crippen molar-refractivity contribution in [2.75, 3.05) is 0 Å². The summed E-state index contributed by atoms with van der Waals surface area (Å²) in [6, 6.07) is 3.50. The molecule has 12 heteroatoms. The molecule has 0 aliphatic carbocycles. The quantitative estimate of drug-likeness (QED) is 0.572. The maximum Gasteiger partial charge on any atom is 0.284 e. The normalized spacial score (nSPS) is 10.4. The van der Waals surface area contributed by atoms with Gasteiger partial charge in [-0.15, -0.1) is 0 Å². The van der Waals surface area contributed by atoms with Crippen LogP contribution in [0, 0.1) is 54.3 Å². The van der Waals surface area contributed by atoms with Crippen molar-refractivity contribution in [1.82, 2.24) is 0 Å². The summed E-state index contributed by atoms with van der Waals surface area (Å²) < 4.78 is 0. The summed E-state index contributed by atoms with van der Waals surface area (Å²) in [4.78, 5) is 41.2. The van der Waals surface area contributed by atoms with Gasteiger partial charge in [-0.05, 0) is 25.0 Å². The standard InChI is InChI=1S/C14H10N4O8/c1-7-3-9(15(19)20)5-11(17(23)24)13(7)14-8(2)4-10(16(21)22)6-12(14)18(25)26/h3-6H,1-2H3. The molecule has 0 atom stereocenters. The summed E-state index contributed by atoms with van der Waals surface area (Å²) in [5.74, 6) is 0. The van der Waals surface area contributed by atoms with Gasteiger partial charge in [0, 0.05) is 12.1 Å². The lowest BCUT2D eigenvalue weighted by molar-refractivity contribution is -0.395. The van der Waals surface area contributed by atoms with Crippen LogP contribution in [0.5, 0.6) is 0 Å². The van der Waals surface area contributed by atoms with E-state index in [1.807, 2.05) is 0 Å². The molecule has 0 aliphatic heterocycles. The molecule has 0 saturated carbocycles. The molecule has 2 rings (SSSR count). The average Bonchev–Trinajstić information content (AvgIpc) is 2.53. The second-order valence-electron chi connectivity index (χ2n) is 5.34. The fraction of sp³-hybridized carbons (Fsp3) is 0.143. The molecule has 0 radical (unpaired) electrons. The highest BCUT2D eigenvalue weighted by Crippen LogP contribution is 2.43. The highest BCUT2D eigenvalue weighted by molar-refractivity contribution is 5.87. The highest BCUT2D eigenvalue weighted by atomic mass is 16.6. The van der Waals surface area contributed by atoms with Crippen molar-refractivity contribution >= 4 is 22.7 Å². The maximum absolute atomic E-state index is 11.4. The highest BCUT2D eigenvalue weighted by Gasteiger charge is 2.31. The molecule has 0 spiro atoms. The van der Waals surface area contributed by atoms with Gasteiger partial charge in [-0.2, -0.15) is 0 Å². The van der Waals surface area contributed by atoms with E-state index in [1.165, 1.54) is 13.8 Å². The maximum atomic E-state index is 11.4. The van der Waals surface area contributed by atoms with Crippen molar-refractivity contribution in [3.8, 4) is 11.1 Å². The number of hydrogen-bond donors (Lipinski definition) is 0. The molecular formula is C14H10N4O8. The first kappa shape index (κ1) is 18.4. The number of benzene rings is 2. The van der Waals surface area contributed by atoms with Crippen LogP contribution >= 0.6 is 0 Å². The molecule has 0 aromatic heterocycles. The lowest BCUT2D eigenvalue weighted by Gasteiger charge is -2.11. The Balaban J connectivity index is 2.96. The fourth-order valence-electron chi connectivity index (χ4n) is 2.65. The Labute approximate surface area is 144 Å². The second kappa shape index (κ2) is 6.51. The van der Waals surface area contributed by atoms with Crippen molar-refractivity contribution in [2.45, 2.75) is 13.8 Å². The van der Waals surface area contributed by atoms with Crippen LogP contribution in [0.25, 0.3) is 11.1 Å². The monoisotopic (exact) mass is 362 g/mol. The number of nitro benzene ring substituents is 4. The third-order valence-corrected chi connectivity index (χ3v) is 3.66. The Morgan fingerprint density at radius 1 is 0.577 bits per heavy atom. The largest absolute Gasteiger partial charge is 0.284 e. The summed E-state index contributed by atoms with van der Waals surface area (Å²) in [6.07, 6.45) is 0. The molecule has 0 bridgehead atoms. The third kappa shape index (κ3) is 3.15. The lowest BCUT2D eigenvalue weighted by Crippen LogP contribution is -2.03. The molecule has 0 saturated heterocycles. The van der Waals surface area contributed by atoms with Gasteiger partial charge in [-0.3, -0.25) is 40.5 Å². The van der Waals surface area contributed by atoms with Gasteiger partial charge in [0.1, 0.15) is 0 Å². The van der Waals surface area contributed by atoms with Crippen LogP contribution in [0.2, 0.25) is 0 Å². The molecule has 0 aliphatic rings. The van der Waals surface area contributed by atoms with Gasteiger partial charge >= 0.3 is 0 Å². The molecule has 26 heavy (non-hydrogen) atoms. The molecule has 2 aromatic carbocycles. The van der Waals surface area contributed by atoms with Crippen LogP contribution in [-0.2, 0) is 0 Å². The topological polar surface area (TPSA) is 173 Å². The van der Waals surface area contributed by atoms with E-state index in [0.717, 1.165) is 12.1 Å². The first-order valence-corrected chi connectivity index (χ1v) is 6.91. The zero-order valence-electron chi connectivity index (χ0n) is 13.4. The van der Waals surface area contributed by atoms with E-state index in [2.05, 4.69) is 0 Å². The van der Waals surface area contributed by atoms with Crippen LogP contribution in [-0.4, -0.2) is 19.7 Å². The first-order chi connectivity index (χ1) is 12.0. The van der Waals surface area contributed by atoms with Gasteiger partial charge in [0.25, 0.3) is 22.7 Å². The summed E-state index contributed by atoms with van der Waals surface area (Å²) in [5, 5.41) is 44.7. The molecule has 12 nitrogen and oxygen atoms in total. The van der Waals surface area contributed by atoms with Crippen LogP contribution in [0.1, 0.15) is 11.1 Å². The van der Waals surface area contributed by atoms with E-state index in [1.54, 1.807) is 0 Å². The SMILES string of the molecule is Cc1cc([N+](=O)[O-])cc([N+](=O)[O-])c1-c1c(C)cc([N+](=O)[O-])cc1[N+](=O)[O-]. The minimum atomic E-state index is -0.889. The van der Waals surface area contributed by atoms with Crippen LogP contribution in [0.4, 0.5) is 22.7 Å². The summed E-state index contributed by atoms with van der Waals surface area (Å²) in [6.45, 7) is 2.67. The zero-order valence-corrected chi connectivity index (χ0v) is 13.4. The van der Waals surface area contributed by atoms with Crippen molar-refractivity contribution in [2.24, 2.45) is 0 Å². The van der Waals surface area contributed by atoms with Gasteiger partial charge < -0.3 is 0 Å². The molecule has 0 amide bonds. The predicted octanol–water partition coefficient (Wildman–Crippen LogP) is 3.60. The molecule has 0 N–H and O–H groups in total. The van der Waals surface area contributed by atoms with Gasteiger partial charge in [0.05, 0.1) is 43.0 Å². The van der Waals surface area contributed by atoms with E-state index >= 15 is 0 Å². The van der Waals surface area contributed by atoms with E-state index in [-0.39, 0.29) is 22.3 Å². The molecular weight excluding hydrogens is 352 g/mol. The molecule has 0 heterocycles. The molecule has 0 unspecified atom stereocenters. The van der Waals surface area contributed by atoms with Gasteiger partial charge in [0.2, 0.25) is 0 Å². The Bertz CT molecular complexity index is 906. The predicted molar refractivity (Wildman–Crippen MR) is 88.0 cm³/mol. The minimum absolute atomic E-state index is 0.0611. The fourth-order valence-corrected chi connectivity index (χ4v) is 2.65. The molecule has 134 valence electrons. The Kier molecular flexibility index (Phi) is 4.60. The summed E-state index contributed by atoms with van der Waals surface area (Å²) in [5.41, 5.74) is -2.75. The molecule has 2 aromatic rings. The number of non-ortho nitro benzene ring substituents is 2. The van der Waals surface area contributed by atoms with Crippen LogP contribution in [0.15, 0.2) is 24.3 Å². The Morgan fingerprint density at radius 3 is 1.12 bits per heavy atom. The summed E-state index contributed by atoms with van der Waals surface area (Å²) >= 11 is 0. The lowest BCUT2D eigenvalue weighted by atomic mass is 9.92. The van der Waals surface area contributed by atoms with Crippen molar-refractivity contribution in [1.29, 1.82) is 0 Å². The number of nitro groups is 4. The van der Waals surface area contributed by atoms with E-state index in [4.69, 9.17) is 0 Å². The summed E-state index contributed by atoms with van der Waals surface area (Å²) in [7, 11) is 0. The third-order valence-electron chi connectivity index (χ3n) is 3.66. The van der Waals surface area contributed by atoms with E-state index < -0.39 is 42.4 Å². The zero-order chi connectivity index (χ0) is 19.8. The van der Waals surface area contributed by atoms with E-state index in [0.29, 0.717) is 12.1 Å². The number of hydrogen-bond acceptors (Lipinski definition) is 8. The Morgan fingerprint density at radius 2 is 0.885 bits per heavy atom. The van der Waals surface area contributed by atoms with Crippen molar-refractivity contribution < 1.29 is 19.7 Å². The van der Waals surface area contributed by atoms with Gasteiger partial charge in [0.15, 0.2) is 0 Å². The first-order valence-electron chi connectivity index (χ1n) is 6.91. The number of aryl methyl sites for hydroxylation is 2. The molecule has 0 fully saturated rings. The van der Waals surface area contributed by atoms with Crippen molar-refractivity contribution in [3.05, 3.63) is 75.8 Å². The van der Waals surface area contributed by atoms with Crippen LogP contribution in [0.3, 0.4) is 0 Å². The second-order valence-corrected chi connectivity index (χ2v) is 5.34. The average molecular weight is 362 g/mol. The minimum Gasteiger partial charge on any atom is -0.258 e. The van der Waals surface area contributed by atoms with Gasteiger partial charge in [-0.25, -0.2) is 0 Å². The number of rotatable bonds is 5.